The Morgan fingerprint density at radius 3 is 2.23 bits per heavy atom. The van der Waals surface area contributed by atoms with E-state index < -0.39 is 0 Å². The van der Waals surface area contributed by atoms with Gasteiger partial charge in [-0.15, -0.1) is 10.2 Å². The third kappa shape index (κ3) is 4.33. The Morgan fingerprint density at radius 2 is 1.57 bits per heavy atom. The van der Waals surface area contributed by atoms with Crippen LogP contribution in [0.3, 0.4) is 0 Å². The highest BCUT2D eigenvalue weighted by atomic mass is 16.5. The average molecular weight is 408 g/mol. The molecule has 0 N–H and O–H groups in total. The Morgan fingerprint density at radius 1 is 0.900 bits per heavy atom. The van der Waals surface area contributed by atoms with Crippen LogP contribution in [-0.2, 0) is 0 Å². The Balaban J connectivity index is 1.57. The molecule has 6 nitrogen and oxygen atoms in total. The highest BCUT2D eigenvalue weighted by Gasteiger charge is 2.30. The number of hydrogen-bond donors (Lipinski definition) is 0. The topological polar surface area (TPSA) is 60.6 Å². The molecule has 0 amide bonds. The third-order valence-electron chi connectivity index (χ3n) is 5.93. The fourth-order valence-corrected chi connectivity index (χ4v) is 4.17. The molecule has 1 saturated heterocycles. The van der Waals surface area contributed by atoms with E-state index in [4.69, 9.17) is 13.9 Å². The molecule has 0 saturated carbocycles. The molecule has 3 aromatic rings. The summed E-state index contributed by atoms with van der Waals surface area (Å²) in [5, 5.41) is 8.69. The van der Waals surface area contributed by atoms with Crippen LogP contribution < -0.4 is 9.47 Å². The van der Waals surface area contributed by atoms with Crippen molar-refractivity contribution in [1.29, 1.82) is 0 Å². The summed E-state index contributed by atoms with van der Waals surface area (Å²) in [7, 11) is 3.35. The lowest BCUT2D eigenvalue weighted by Crippen LogP contribution is -2.31. The van der Waals surface area contributed by atoms with Crippen molar-refractivity contribution in [3.05, 3.63) is 60.0 Å². The number of likely N-dealkylation sites (tertiary alicyclic amines) is 1. The first kappa shape index (κ1) is 20.4. The van der Waals surface area contributed by atoms with Crippen molar-refractivity contribution >= 4 is 0 Å². The summed E-state index contributed by atoms with van der Waals surface area (Å²) < 4.78 is 16.7. The minimum absolute atomic E-state index is 0.0368. The van der Waals surface area contributed by atoms with Gasteiger partial charge in [-0.2, -0.15) is 0 Å². The SMILES string of the molecule is COc1ccc(-c2nnc([C@@H](C)N3CCCCC[C@@H]3c3ccc(OC)cc3)o2)cc1. The van der Waals surface area contributed by atoms with Crippen molar-refractivity contribution in [2.75, 3.05) is 20.8 Å². The zero-order valence-corrected chi connectivity index (χ0v) is 17.9. The van der Waals surface area contributed by atoms with Crippen molar-refractivity contribution < 1.29 is 13.9 Å². The highest BCUT2D eigenvalue weighted by molar-refractivity contribution is 5.54. The van der Waals surface area contributed by atoms with Crippen LogP contribution in [0.5, 0.6) is 11.5 Å². The molecule has 6 heteroatoms. The largest absolute Gasteiger partial charge is 0.497 e. The van der Waals surface area contributed by atoms with Crippen LogP contribution in [0.1, 0.15) is 56.1 Å². The zero-order valence-electron chi connectivity index (χ0n) is 17.9. The summed E-state index contributed by atoms with van der Waals surface area (Å²) in [6.45, 7) is 3.17. The van der Waals surface area contributed by atoms with Gasteiger partial charge in [0.15, 0.2) is 0 Å². The van der Waals surface area contributed by atoms with E-state index in [9.17, 15) is 0 Å². The second kappa shape index (κ2) is 9.30. The van der Waals surface area contributed by atoms with Crippen molar-refractivity contribution in [2.45, 2.75) is 44.7 Å². The van der Waals surface area contributed by atoms with Crippen LogP contribution in [0.4, 0.5) is 0 Å². The average Bonchev–Trinajstić information content (AvgIpc) is 3.17. The molecule has 2 atom stereocenters. The van der Waals surface area contributed by atoms with Crippen molar-refractivity contribution in [3.63, 3.8) is 0 Å². The minimum atomic E-state index is 0.0368. The summed E-state index contributed by atoms with van der Waals surface area (Å²) in [6.07, 6.45) is 4.77. The third-order valence-corrected chi connectivity index (χ3v) is 5.93. The van der Waals surface area contributed by atoms with Crippen molar-refractivity contribution in [3.8, 4) is 23.0 Å². The molecule has 0 bridgehead atoms. The van der Waals surface area contributed by atoms with Crippen LogP contribution in [0.25, 0.3) is 11.5 Å². The van der Waals surface area contributed by atoms with Crippen LogP contribution in [0, 0.1) is 0 Å². The van der Waals surface area contributed by atoms with E-state index in [1.165, 1.54) is 24.8 Å². The molecule has 2 aromatic carbocycles. The summed E-state index contributed by atoms with van der Waals surface area (Å²) in [6, 6.07) is 16.5. The first-order valence-electron chi connectivity index (χ1n) is 10.6. The number of nitrogens with zero attached hydrogens (tertiary/aromatic N) is 3. The van der Waals surface area contributed by atoms with Crippen LogP contribution >= 0.6 is 0 Å². The normalized spacial score (nSPS) is 18.6. The minimum Gasteiger partial charge on any atom is -0.497 e. The lowest BCUT2D eigenvalue weighted by Gasteiger charge is -2.33. The molecule has 0 radical (unpaired) electrons. The summed E-state index contributed by atoms with van der Waals surface area (Å²) >= 11 is 0. The molecule has 4 rings (SSSR count). The fraction of sp³-hybridized carbons (Fsp3) is 0.417. The Bertz CT molecular complexity index is 937. The maximum Gasteiger partial charge on any atom is 0.247 e. The number of hydrogen-bond acceptors (Lipinski definition) is 6. The van der Waals surface area contributed by atoms with Crippen LogP contribution in [0.2, 0.25) is 0 Å². The van der Waals surface area contributed by atoms with Gasteiger partial charge >= 0.3 is 0 Å². The quantitative estimate of drug-likeness (QED) is 0.543. The molecule has 1 aliphatic heterocycles. The smallest absolute Gasteiger partial charge is 0.247 e. The van der Waals surface area contributed by atoms with E-state index >= 15 is 0 Å². The first-order valence-corrected chi connectivity index (χ1v) is 10.6. The lowest BCUT2D eigenvalue weighted by atomic mass is 9.99. The first-order chi connectivity index (χ1) is 14.7. The predicted octanol–water partition coefficient (Wildman–Crippen LogP) is 5.43. The maximum atomic E-state index is 6.10. The standard InChI is InChI=1S/C24H29N3O3/c1-17(23-25-26-24(30-23)19-10-14-21(29-3)15-11-19)27-16-6-4-5-7-22(27)18-8-12-20(28-2)13-9-18/h8-15,17,22H,4-7,16H2,1-3H3/t17-,22-/m1/s1. The van der Waals surface area contributed by atoms with Gasteiger partial charge in [-0.1, -0.05) is 25.0 Å². The van der Waals surface area contributed by atoms with E-state index in [0.29, 0.717) is 17.8 Å². The predicted molar refractivity (Wildman–Crippen MR) is 116 cm³/mol. The Labute approximate surface area is 177 Å². The van der Waals surface area contributed by atoms with Gasteiger partial charge in [-0.05, 0) is 68.3 Å². The van der Waals surface area contributed by atoms with E-state index in [1.54, 1.807) is 14.2 Å². The van der Waals surface area contributed by atoms with Gasteiger partial charge in [-0.25, -0.2) is 0 Å². The Kier molecular flexibility index (Phi) is 6.33. The monoisotopic (exact) mass is 407 g/mol. The number of ether oxygens (including phenoxy) is 2. The highest BCUT2D eigenvalue weighted by Crippen LogP contribution is 2.37. The van der Waals surface area contributed by atoms with E-state index in [0.717, 1.165) is 30.0 Å². The fourth-order valence-electron chi connectivity index (χ4n) is 4.17. The molecule has 1 aliphatic rings. The summed E-state index contributed by atoms with van der Waals surface area (Å²) in [4.78, 5) is 2.50. The summed E-state index contributed by atoms with van der Waals surface area (Å²) in [5.74, 6) is 2.88. The van der Waals surface area contributed by atoms with Crippen molar-refractivity contribution in [1.82, 2.24) is 15.1 Å². The van der Waals surface area contributed by atoms with Gasteiger partial charge in [-0.3, -0.25) is 4.90 Å². The number of methoxy groups -OCH3 is 2. The van der Waals surface area contributed by atoms with E-state index in [-0.39, 0.29) is 6.04 Å². The van der Waals surface area contributed by atoms with Gasteiger partial charge in [0.1, 0.15) is 11.5 Å². The molecule has 1 aromatic heterocycles. The number of rotatable bonds is 6. The van der Waals surface area contributed by atoms with Gasteiger partial charge < -0.3 is 13.9 Å². The van der Waals surface area contributed by atoms with Crippen molar-refractivity contribution in [2.24, 2.45) is 0 Å². The molecule has 30 heavy (non-hydrogen) atoms. The molecular formula is C24H29N3O3. The molecule has 0 aliphatic carbocycles. The van der Waals surface area contributed by atoms with Gasteiger partial charge in [0.2, 0.25) is 11.8 Å². The second-order valence-corrected chi connectivity index (χ2v) is 7.73. The number of aromatic nitrogens is 2. The van der Waals surface area contributed by atoms with Gasteiger partial charge in [0.05, 0.1) is 20.3 Å². The lowest BCUT2D eigenvalue weighted by molar-refractivity contribution is 0.127. The molecule has 1 fully saturated rings. The second-order valence-electron chi connectivity index (χ2n) is 7.73. The van der Waals surface area contributed by atoms with Gasteiger partial charge in [0, 0.05) is 11.6 Å². The zero-order chi connectivity index (χ0) is 20.9. The van der Waals surface area contributed by atoms with E-state index in [1.807, 2.05) is 36.4 Å². The van der Waals surface area contributed by atoms with E-state index in [2.05, 4.69) is 34.2 Å². The molecule has 158 valence electrons. The van der Waals surface area contributed by atoms with Crippen LogP contribution in [-0.4, -0.2) is 35.9 Å². The Hall–Kier alpha value is -2.86. The molecule has 0 spiro atoms. The van der Waals surface area contributed by atoms with Gasteiger partial charge in [0.25, 0.3) is 0 Å². The molecule has 0 unspecified atom stereocenters. The summed E-state index contributed by atoms with van der Waals surface area (Å²) in [5.41, 5.74) is 2.20. The number of benzene rings is 2. The molecular weight excluding hydrogens is 378 g/mol. The maximum absolute atomic E-state index is 6.10. The van der Waals surface area contributed by atoms with Crippen LogP contribution in [0.15, 0.2) is 52.9 Å². The molecule has 2 heterocycles.